The number of methoxy groups -OCH3 is 1. The molecule has 0 saturated heterocycles. The fourth-order valence-corrected chi connectivity index (χ4v) is 3.43. The third-order valence-corrected chi connectivity index (χ3v) is 4.70. The summed E-state index contributed by atoms with van der Waals surface area (Å²) in [6, 6.07) is 12.5. The SMILES string of the molecule is COC(=O)c1ccc(-c2nc(-c3ccc(Cl)cc3Cl)cs2)cc1. The minimum absolute atomic E-state index is 0.357. The molecule has 0 fully saturated rings. The van der Waals surface area contributed by atoms with Gasteiger partial charge in [0, 0.05) is 21.5 Å². The Morgan fingerprint density at radius 2 is 1.87 bits per heavy atom. The number of esters is 1. The molecular weight excluding hydrogens is 353 g/mol. The average Bonchev–Trinajstić information content (AvgIpc) is 3.04. The van der Waals surface area contributed by atoms with Crippen molar-refractivity contribution in [3.8, 4) is 21.8 Å². The molecule has 2 aromatic carbocycles. The fourth-order valence-electron chi connectivity index (χ4n) is 2.09. The van der Waals surface area contributed by atoms with Crippen molar-refractivity contribution in [1.29, 1.82) is 0 Å². The second-order valence-corrected chi connectivity index (χ2v) is 6.43. The number of nitrogens with zero attached hydrogens (tertiary/aromatic N) is 1. The van der Waals surface area contributed by atoms with Crippen LogP contribution in [-0.2, 0) is 4.74 Å². The summed E-state index contributed by atoms with van der Waals surface area (Å²) in [7, 11) is 1.36. The summed E-state index contributed by atoms with van der Waals surface area (Å²) in [6.45, 7) is 0. The van der Waals surface area contributed by atoms with Crippen LogP contribution >= 0.6 is 34.5 Å². The molecule has 0 N–H and O–H groups in total. The maximum atomic E-state index is 11.5. The van der Waals surface area contributed by atoms with E-state index < -0.39 is 0 Å². The van der Waals surface area contributed by atoms with Gasteiger partial charge in [-0.15, -0.1) is 11.3 Å². The minimum atomic E-state index is -0.357. The van der Waals surface area contributed by atoms with Gasteiger partial charge >= 0.3 is 5.97 Å². The molecule has 0 radical (unpaired) electrons. The Labute approximate surface area is 147 Å². The Kier molecular flexibility index (Phi) is 4.66. The smallest absolute Gasteiger partial charge is 0.337 e. The Morgan fingerprint density at radius 1 is 1.13 bits per heavy atom. The monoisotopic (exact) mass is 363 g/mol. The van der Waals surface area contributed by atoms with Crippen molar-refractivity contribution in [2.24, 2.45) is 0 Å². The van der Waals surface area contributed by atoms with E-state index in [4.69, 9.17) is 23.2 Å². The van der Waals surface area contributed by atoms with Gasteiger partial charge in [0.2, 0.25) is 0 Å². The summed E-state index contributed by atoms with van der Waals surface area (Å²) in [6.07, 6.45) is 0. The number of carbonyl (C=O) groups is 1. The Balaban J connectivity index is 1.91. The first-order chi connectivity index (χ1) is 11.1. The molecule has 3 rings (SSSR count). The maximum Gasteiger partial charge on any atom is 0.337 e. The lowest BCUT2D eigenvalue weighted by molar-refractivity contribution is 0.0601. The van der Waals surface area contributed by atoms with E-state index >= 15 is 0 Å². The predicted molar refractivity (Wildman–Crippen MR) is 94.3 cm³/mol. The van der Waals surface area contributed by atoms with E-state index in [9.17, 15) is 4.79 Å². The summed E-state index contributed by atoms with van der Waals surface area (Å²) in [5.41, 5.74) is 3.07. The summed E-state index contributed by atoms with van der Waals surface area (Å²) in [5, 5.41) is 3.95. The van der Waals surface area contributed by atoms with Crippen molar-refractivity contribution >= 4 is 40.5 Å². The molecule has 0 aliphatic rings. The Morgan fingerprint density at radius 3 is 2.52 bits per heavy atom. The van der Waals surface area contributed by atoms with Gasteiger partial charge in [-0.3, -0.25) is 0 Å². The Hall–Kier alpha value is -1.88. The van der Waals surface area contributed by atoms with Gasteiger partial charge in [-0.25, -0.2) is 9.78 Å². The van der Waals surface area contributed by atoms with Crippen LogP contribution in [0.3, 0.4) is 0 Å². The molecule has 3 nitrogen and oxygen atoms in total. The molecule has 116 valence electrons. The summed E-state index contributed by atoms with van der Waals surface area (Å²) in [4.78, 5) is 16.1. The van der Waals surface area contributed by atoms with Crippen molar-refractivity contribution in [2.75, 3.05) is 7.11 Å². The zero-order valence-corrected chi connectivity index (χ0v) is 14.4. The number of rotatable bonds is 3. The number of hydrogen-bond acceptors (Lipinski definition) is 4. The van der Waals surface area contributed by atoms with E-state index in [-0.39, 0.29) is 5.97 Å². The highest BCUT2D eigenvalue weighted by atomic mass is 35.5. The zero-order chi connectivity index (χ0) is 16.4. The third kappa shape index (κ3) is 3.39. The molecule has 3 aromatic rings. The molecule has 0 unspecified atom stereocenters. The highest BCUT2D eigenvalue weighted by Crippen LogP contribution is 2.34. The van der Waals surface area contributed by atoms with E-state index in [0.717, 1.165) is 21.8 Å². The van der Waals surface area contributed by atoms with Gasteiger partial charge in [-0.05, 0) is 30.3 Å². The molecule has 23 heavy (non-hydrogen) atoms. The lowest BCUT2D eigenvalue weighted by atomic mass is 10.1. The summed E-state index contributed by atoms with van der Waals surface area (Å²) in [5.74, 6) is -0.357. The molecule has 6 heteroatoms. The number of carbonyl (C=O) groups excluding carboxylic acids is 1. The highest BCUT2D eigenvalue weighted by molar-refractivity contribution is 7.13. The van der Waals surface area contributed by atoms with Crippen LogP contribution in [0.25, 0.3) is 21.8 Å². The number of aromatic nitrogens is 1. The van der Waals surface area contributed by atoms with Crippen molar-refractivity contribution < 1.29 is 9.53 Å². The van der Waals surface area contributed by atoms with Crippen molar-refractivity contribution in [2.45, 2.75) is 0 Å². The molecular formula is C17H11Cl2NO2S. The number of ether oxygens (including phenoxy) is 1. The lowest BCUT2D eigenvalue weighted by Crippen LogP contribution is -2.00. The van der Waals surface area contributed by atoms with Crippen LogP contribution in [0.2, 0.25) is 10.0 Å². The zero-order valence-electron chi connectivity index (χ0n) is 12.0. The number of hydrogen-bond donors (Lipinski definition) is 0. The average molecular weight is 364 g/mol. The summed E-state index contributed by atoms with van der Waals surface area (Å²) >= 11 is 13.6. The number of benzene rings is 2. The first kappa shape index (κ1) is 16.0. The normalized spacial score (nSPS) is 10.6. The molecule has 0 bridgehead atoms. The van der Waals surface area contributed by atoms with E-state index in [1.54, 1.807) is 24.3 Å². The van der Waals surface area contributed by atoms with Crippen LogP contribution in [0.15, 0.2) is 47.8 Å². The van der Waals surface area contributed by atoms with E-state index in [2.05, 4.69) is 9.72 Å². The largest absolute Gasteiger partial charge is 0.465 e. The van der Waals surface area contributed by atoms with Gasteiger partial charge in [0.1, 0.15) is 5.01 Å². The molecule has 1 heterocycles. The van der Waals surface area contributed by atoms with Crippen LogP contribution in [0.5, 0.6) is 0 Å². The minimum Gasteiger partial charge on any atom is -0.465 e. The molecule has 0 amide bonds. The van der Waals surface area contributed by atoms with Crippen molar-refractivity contribution in [1.82, 2.24) is 4.98 Å². The summed E-state index contributed by atoms with van der Waals surface area (Å²) < 4.78 is 4.69. The third-order valence-electron chi connectivity index (χ3n) is 3.26. The molecule has 0 aliphatic heterocycles. The second-order valence-electron chi connectivity index (χ2n) is 4.73. The van der Waals surface area contributed by atoms with Crippen LogP contribution in [0.1, 0.15) is 10.4 Å². The van der Waals surface area contributed by atoms with Gasteiger partial charge < -0.3 is 4.74 Å². The topological polar surface area (TPSA) is 39.2 Å². The first-order valence-corrected chi connectivity index (χ1v) is 8.32. The highest BCUT2D eigenvalue weighted by Gasteiger charge is 2.11. The number of thiazole rings is 1. The van der Waals surface area contributed by atoms with Gasteiger partial charge in [0.05, 0.1) is 23.4 Å². The fraction of sp³-hybridized carbons (Fsp3) is 0.0588. The Bertz CT molecular complexity index is 859. The van der Waals surface area contributed by atoms with Crippen molar-refractivity contribution in [3.05, 3.63) is 63.5 Å². The van der Waals surface area contributed by atoms with Crippen LogP contribution in [0, 0.1) is 0 Å². The van der Waals surface area contributed by atoms with Gasteiger partial charge in [-0.1, -0.05) is 35.3 Å². The number of halogens is 2. The molecule has 0 spiro atoms. The second kappa shape index (κ2) is 6.71. The van der Waals surface area contributed by atoms with Gasteiger partial charge in [0.15, 0.2) is 0 Å². The quantitative estimate of drug-likeness (QED) is 0.571. The first-order valence-electron chi connectivity index (χ1n) is 6.68. The van der Waals surface area contributed by atoms with Crippen LogP contribution < -0.4 is 0 Å². The van der Waals surface area contributed by atoms with E-state index in [0.29, 0.717) is 15.6 Å². The van der Waals surface area contributed by atoms with Gasteiger partial charge in [0.25, 0.3) is 0 Å². The van der Waals surface area contributed by atoms with E-state index in [1.807, 2.05) is 23.6 Å². The maximum absolute atomic E-state index is 11.5. The van der Waals surface area contributed by atoms with Crippen LogP contribution in [0.4, 0.5) is 0 Å². The standard InChI is InChI=1S/C17H11Cl2NO2S/c1-22-17(21)11-4-2-10(3-5-11)16-20-15(9-23-16)13-7-6-12(18)8-14(13)19/h2-9H,1H3. The predicted octanol–water partition coefficient (Wildman–Crippen LogP) is 5.57. The molecule has 0 aliphatic carbocycles. The van der Waals surface area contributed by atoms with Crippen molar-refractivity contribution in [3.63, 3.8) is 0 Å². The van der Waals surface area contributed by atoms with E-state index in [1.165, 1.54) is 18.4 Å². The van der Waals surface area contributed by atoms with Gasteiger partial charge in [-0.2, -0.15) is 0 Å². The molecule has 0 atom stereocenters. The molecule has 1 aromatic heterocycles. The lowest BCUT2D eigenvalue weighted by Gasteiger charge is -2.02. The van der Waals surface area contributed by atoms with Crippen LogP contribution in [-0.4, -0.2) is 18.1 Å². The molecule has 0 saturated carbocycles.